The van der Waals surface area contributed by atoms with Crippen molar-refractivity contribution >= 4 is 28.9 Å². The second-order valence-corrected chi connectivity index (χ2v) is 3.79. The Kier molecular flexibility index (Phi) is 3.55. The van der Waals surface area contributed by atoms with Crippen LogP contribution >= 0.6 is 22.6 Å². The molecule has 1 saturated carbocycles. The Balaban J connectivity index is 2.36. The molecule has 1 aliphatic rings. The van der Waals surface area contributed by atoms with Gasteiger partial charge in [-0.05, 0) is 28.8 Å². The predicted octanol–water partition coefficient (Wildman–Crippen LogP) is 2.94. The molecular formula is C9H13IO. The monoisotopic (exact) mass is 264 g/mol. The number of carbonyl (C=O) groups excluding carboxylic acids is 1. The van der Waals surface area contributed by atoms with E-state index in [2.05, 4.69) is 29.5 Å². The third kappa shape index (κ3) is 2.04. The molecule has 1 nitrogen and oxygen atoms in total. The average molecular weight is 264 g/mol. The summed E-state index contributed by atoms with van der Waals surface area (Å²) in [6.45, 7) is 2.22. The van der Waals surface area contributed by atoms with Crippen LogP contribution in [0.1, 0.15) is 26.2 Å². The molecule has 0 atom stereocenters. The van der Waals surface area contributed by atoms with Crippen LogP contribution in [0.4, 0.5) is 0 Å². The molecule has 0 spiro atoms. The molecule has 0 unspecified atom stereocenters. The quantitative estimate of drug-likeness (QED) is 0.435. The Morgan fingerprint density at radius 3 is 2.64 bits per heavy atom. The fourth-order valence-electron chi connectivity index (χ4n) is 1.55. The molecular weight excluding hydrogens is 251 g/mol. The van der Waals surface area contributed by atoms with Crippen LogP contribution in [-0.4, -0.2) is 6.29 Å². The zero-order valence-corrected chi connectivity index (χ0v) is 8.87. The smallest absolute Gasteiger partial charge is 0.146 e. The van der Waals surface area contributed by atoms with Gasteiger partial charge in [0.25, 0.3) is 0 Å². The maximum Gasteiger partial charge on any atom is 0.146 e. The summed E-state index contributed by atoms with van der Waals surface area (Å²) in [5.41, 5.74) is 0.996. The van der Waals surface area contributed by atoms with Crippen molar-refractivity contribution in [3.8, 4) is 0 Å². The molecule has 0 saturated heterocycles. The van der Waals surface area contributed by atoms with Gasteiger partial charge in [0.15, 0.2) is 0 Å². The van der Waals surface area contributed by atoms with E-state index in [1.807, 2.05) is 4.08 Å². The Hall–Kier alpha value is 0.140. The van der Waals surface area contributed by atoms with E-state index in [-0.39, 0.29) is 0 Å². The molecule has 0 aromatic rings. The molecule has 11 heavy (non-hydrogen) atoms. The molecule has 0 aliphatic heterocycles. The van der Waals surface area contributed by atoms with Crippen molar-refractivity contribution in [2.75, 3.05) is 0 Å². The minimum absolute atomic E-state index is 0.578. The molecule has 1 aliphatic carbocycles. The first-order valence-electron chi connectivity index (χ1n) is 4.07. The van der Waals surface area contributed by atoms with Crippen molar-refractivity contribution in [3.05, 3.63) is 9.66 Å². The summed E-state index contributed by atoms with van der Waals surface area (Å²) in [5, 5.41) is 0. The van der Waals surface area contributed by atoms with Crippen molar-refractivity contribution in [2.45, 2.75) is 26.2 Å². The number of allylic oxidation sites excluding steroid dienone is 1. The van der Waals surface area contributed by atoms with E-state index in [1.54, 1.807) is 0 Å². The summed E-state index contributed by atoms with van der Waals surface area (Å²) < 4.78 is 1.92. The van der Waals surface area contributed by atoms with E-state index in [9.17, 15) is 4.79 Å². The van der Waals surface area contributed by atoms with Gasteiger partial charge in [0.1, 0.15) is 6.29 Å². The summed E-state index contributed by atoms with van der Waals surface area (Å²) >= 11 is 2.15. The molecule has 1 fully saturated rings. The molecule has 0 amide bonds. The minimum Gasteiger partial charge on any atom is -0.298 e. The number of hydrogen-bond acceptors (Lipinski definition) is 1. The van der Waals surface area contributed by atoms with Gasteiger partial charge in [-0.15, -0.1) is 0 Å². The maximum atomic E-state index is 10.5. The van der Waals surface area contributed by atoms with Crippen LogP contribution in [0, 0.1) is 11.8 Å². The van der Waals surface area contributed by atoms with Crippen molar-refractivity contribution in [3.63, 3.8) is 0 Å². The van der Waals surface area contributed by atoms with Crippen LogP contribution in [0.3, 0.4) is 0 Å². The van der Waals surface area contributed by atoms with Crippen LogP contribution < -0.4 is 0 Å². The van der Waals surface area contributed by atoms with Crippen LogP contribution in [0.2, 0.25) is 0 Å². The molecule has 0 aromatic heterocycles. The number of aldehydes is 1. The molecule has 1 rings (SSSR count). The fourth-order valence-corrected chi connectivity index (χ4v) is 2.21. The Bertz CT molecular complexity index is 168. The average Bonchev–Trinajstić information content (AvgIpc) is 1.95. The zero-order valence-electron chi connectivity index (χ0n) is 6.72. The first-order chi connectivity index (χ1) is 5.31. The topological polar surface area (TPSA) is 17.1 Å². The van der Waals surface area contributed by atoms with E-state index < -0.39 is 0 Å². The van der Waals surface area contributed by atoms with Gasteiger partial charge in [-0.2, -0.15) is 0 Å². The van der Waals surface area contributed by atoms with Gasteiger partial charge in [0.05, 0.1) is 0 Å². The van der Waals surface area contributed by atoms with Crippen LogP contribution in [0.5, 0.6) is 0 Å². The highest BCUT2D eigenvalue weighted by atomic mass is 127. The third-order valence-electron chi connectivity index (χ3n) is 2.55. The van der Waals surface area contributed by atoms with Gasteiger partial charge in [-0.1, -0.05) is 35.9 Å². The first-order valence-corrected chi connectivity index (χ1v) is 5.31. The first kappa shape index (κ1) is 9.23. The third-order valence-corrected chi connectivity index (χ3v) is 3.27. The largest absolute Gasteiger partial charge is 0.298 e. The van der Waals surface area contributed by atoms with Crippen LogP contribution in [-0.2, 0) is 4.79 Å². The van der Waals surface area contributed by atoms with Gasteiger partial charge in [0.2, 0.25) is 0 Å². The second kappa shape index (κ2) is 4.24. The predicted molar refractivity (Wildman–Crippen MR) is 54.7 cm³/mol. The van der Waals surface area contributed by atoms with E-state index in [1.165, 1.54) is 19.3 Å². The number of rotatable bonds is 3. The Morgan fingerprint density at radius 1 is 1.64 bits per heavy atom. The van der Waals surface area contributed by atoms with Gasteiger partial charge in [0, 0.05) is 5.57 Å². The van der Waals surface area contributed by atoms with E-state index in [4.69, 9.17) is 0 Å². The zero-order chi connectivity index (χ0) is 8.27. The number of hydrogen-bond donors (Lipinski definition) is 0. The van der Waals surface area contributed by atoms with E-state index in [0.717, 1.165) is 17.8 Å². The molecule has 0 radical (unpaired) electrons. The summed E-state index contributed by atoms with van der Waals surface area (Å²) in [6, 6.07) is 0. The van der Waals surface area contributed by atoms with Crippen molar-refractivity contribution < 1.29 is 4.79 Å². The Morgan fingerprint density at radius 2 is 2.27 bits per heavy atom. The molecule has 62 valence electrons. The summed E-state index contributed by atoms with van der Waals surface area (Å²) in [4.78, 5) is 10.5. The SMILES string of the molecule is CCC1CC(C(C=O)=CI)C1. The second-order valence-electron chi connectivity index (χ2n) is 3.17. The van der Waals surface area contributed by atoms with Gasteiger partial charge >= 0.3 is 0 Å². The van der Waals surface area contributed by atoms with Gasteiger partial charge in [-0.3, -0.25) is 4.79 Å². The highest BCUT2D eigenvalue weighted by Gasteiger charge is 2.29. The lowest BCUT2D eigenvalue weighted by Crippen LogP contribution is -2.24. The number of halogens is 1. The summed E-state index contributed by atoms with van der Waals surface area (Å²) in [6.07, 6.45) is 4.72. The minimum atomic E-state index is 0.578. The lowest BCUT2D eigenvalue weighted by molar-refractivity contribution is -0.105. The maximum absolute atomic E-state index is 10.5. The molecule has 0 aromatic carbocycles. The molecule has 0 heterocycles. The summed E-state index contributed by atoms with van der Waals surface area (Å²) in [5.74, 6) is 1.46. The van der Waals surface area contributed by atoms with Crippen molar-refractivity contribution in [1.29, 1.82) is 0 Å². The molecule has 0 bridgehead atoms. The van der Waals surface area contributed by atoms with E-state index >= 15 is 0 Å². The van der Waals surface area contributed by atoms with Crippen LogP contribution in [0.15, 0.2) is 9.66 Å². The normalized spacial score (nSPS) is 31.3. The van der Waals surface area contributed by atoms with E-state index in [0.29, 0.717) is 5.92 Å². The van der Waals surface area contributed by atoms with Gasteiger partial charge in [-0.25, -0.2) is 0 Å². The Labute approximate surface area is 81.4 Å². The van der Waals surface area contributed by atoms with Crippen molar-refractivity contribution in [1.82, 2.24) is 0 Å². The number of carbonyl (C=O) groups is 1. The summed E-state index contributed by atoms with van der Waals surface area (Å²) in [7, 11) is 0. The lowest BCUT2D eigenvalue weighted by Gasteiger charge is -2.34. The lowest BCUT2D eigenvalue weighted by atomic mass is 9.71. The highest BCUT2D eigenvalue weighted by molar-refractivity contribution is 14.1. The van der Waals surface area contributed by atoms with Gasteiger partial charge < -0.3 is 0 Å². The highest BCUT2D eigenvalue weighted by Crippen LogP contribution is 2.40. The van der Waals surface area contributed by atoms with Crippen molar-refractivity contribution in [2.24, 2.45) is 11.8 Å². The molecule has 2 heteroatoms. The fraction of sp³-hybridized carbons (Fsp3) is 0.667. The van der Waals surface area contributed by atoms with Crippen LogP contribution in [0.25, 0.3) is 0 Å². The molecule has 0 N–H and O–H groups in total. The standard InChI is InChI=1S/C9H13IO/c1-2-7-3-8(4-7)9(5-10)6-11/h5-8H,2-4H2,1H3.